The molecule has 2 amide bonds. The van der Waals surface area contributed by atoms with E-state index in [4.69, 9.17) is 20.0 Å². The molecule has 4 rings (SSSR count). The summed E-state index contributed by atoms with van der Waals surface area (Å²) in [6, 6.07) is 10.1. The third kappa shape index (κ3) is 3.12. The number of aromatic carboxylic acids is 1. The van der Waals surface area contributed by atoms with Crippen molar-refractivity contribution in [1.82, 2.24) is 9.88 Å². The fraction of sp³-hybridized carbons (Fsp3) is 0.0526. The number of fused-ring (bicyclic) bond motifs is 1. The summed E-state index contributed by atoms with van der Waals surface area (Å²) in [5, 5.41) is 10.9. The molecule has 146 valence electrons. The predicted molar refractivity (Wildman–Crippen MR) is 98.2 cm³/mol. The highest BCUT2D eigenvalue weighted by Gasteiger charge is 2.31. The minimum atomic E-state index is -1.17. The van der Waals surface area contributed by atoms with Crippen molar-refractivity contribution >= 4 is 23.6 Å². The summed E-state index contributed by atoms with van der Waals surface area (Å²) in [6.07, 6.45) is 0. The van der Waals surface area contributed by atoms with E-state index in [0.29, 0.717) is 17.2 Å². The monoisotopic (exact) mass is 395 g/mol. The zero-order valence-corrected chi connectivity index (χ0v) is 14.7. The van der Waals surface area contributed by atoms with Crippen LogP contribution in [0, 0.1) is 0 Å². The molecule has 0 radical (unpaired) electrons. The van der Waals surface area contributed by atoms with Gasteiger partial charge in [0, 0.05) is 6.07 Å². The first-order chi connectivity index (χ1) is 13.8. The first-order valence-electron chi connectivity index (χ1n) is 8.31. The first kappa shape index (κ1) is 18.0. The van der Waals surface area contributed by atoms with E-state index >= 15 is 0 Å². The highest BCUT2D eigenvalue weighted by molar-refractivity contribution is 6.23. The summed E-state index contributed by atoms with van der Waals surface area (Å²) in [5.41, 5.74) is 5.71. The van der Waals surface area contributed by atoms with Gasteiger partial charge in [-0.1, -0.05) is 0 Å². The molecule has 10 nitrogen and oxygen atoms in total. The van der Waals surface area contributed by atoms with Crippen molar-refractivity contribution in [3.05, 3.63) is 75.5 Å². The van der Waals surface area contributed by atoms with Crippen molar-refractivity contribution in [1.29, 1.82) is 0 Å². The summed E-state index contributed by atoms with van der Waals surface area (Å²) in [6.45, 7) is 0.00976. The number of carbonyl (C=O) groups is 3. The number of hydrogen-bond donors (Lipinski definition) is 3. The number of nitrogens with one attached hydrogen (secondary N) is 1. The number of carbonyl (C=O) groups excluding carboxylic acids is 2. The molecular formula is C19H13N3O7. The van der Waals surface area contributed by atoms with Crippen LogP contribution in [0.1, 0.15) is 37.0 Å². The van der Waals surface area contributed by atoms with Crippen LogP contribution in [0.3, 0.4) is 0 Å². The lowest BCUT2D eigenvalue weighted by Gasteiger charge is -2.12. The number of imide groups is 1. The number of ether oxygens (including phenoxy) is 1. The molecule has 3 heterocycles. The second kappa shape index (κ2) is 6.68. The van der Waals surface area contributed by atoms with E-state index in [2.05, 4.69) is 5.32 Å². The largest absolute Gasteiger partial charge is 0.486 e. The number of furan rings is 1. The summed E-state index contributed by atoms with van der Waals surface area (Å²) in [4.78, 5) is 46.8. The van der Waals surface area contributed by atoms with Crippen LogP contribution in [-0.2, 0) is 6.61 Å². The fourth-order valence-electron chi connectivity index (χ4n) is 2.96. The van der Waals surface area contributed by atoms with Gasteiger partial charge in [0.1, 0.15) is 23.9 Å². The molecule has 4 N–H and O–H groups in total. The zero-order chi connectivity index (χ0) is 20.7. The van der Waals surface area contributed by atoms with Gasteiger partial charge in [0.25, 0.3) is 17.4 Å². The minimum Gasteiger partial charge on any atom is -0.486 e. The van der Waals surface area contributed by atoms with Crippen LogP contribution in [0.25, 0.3) is 5.69 Å². The number of carboxylic acids is 1. The lowest BCUT2D eigenvalue weighted by Crippen LogP contribution is -2.24. The third-order valence-electron chi connectivity index (χ3n) is 4.30. The quantitative estimate of drug-likeness (QED) is 0.544. The number of hydrogen-bond acceptors (Lipinski definition) is 7. The van der Waals surface area contributed by atoms with Crippen molar-refractivity contribution in [2.75, 3.05) is 5.73 Å². The fourth-order valence-corrected chi connectivity index (χ4v) is 2.96. The number of anilines is 1. The number of amides is 2. The van der Waals surface area contributed by atoms with E-state index in [9.17, 15) is 19.2 Å². The molecule has 10 heteroatoms. The summed E-state index contributed by atoms with van der Waals surface area (Å²) in [7, 11) is 0. The van der Waals surface area contributed by atoms with E-state index in [1.165, 1.54) is 12.1 Å². The number of benzene rings is 1. The Morgan fingerprint density at radius 1 is 1.10 bits per heavy atom. The van der Waals surface area contributed by atoms with Crippen molar-refractivity contribution < 1.29 is 28.6 Å². The van der Waals surface area contributed by atoms with E-state index in [1.807, 2.05) is 0 Å². The number of rotatable bonds is 5. The molecule has 0 aliphatic carbocycles. The van der Waals surface area contributed by atoms with E-state index in [0.717, 1.165) is 10.6 Å². The van der Waals surface area contributed by atoms with Gasteiger partial charge in [0.15, 0.2) is 0 Å². The van der Waals surface area contributed by atoms with Crippen molar-refractivity contribution in [3.63, 3.8) is 0 Å². The molecular weight excluding hydrogens is 382 g/mol. The lowest BCUT2D eigenvalue weighted by molar-refractivity contribution is 0.0657. The van der Waals surface area contributed by atoms with Gasteiger partial charge in [0.05, 0.1) is 16.8 Å². The molecule has 1 aliphatic heterocycles. The summed E-state index contributed by atoms with van der Waals surface area (Å²) < 4.78 is 11.7. The Bertz CT molecular complexity index is 1220. The van der Waals surface area contributed by atoms with Crippen LogP contribution >= 0.6 is 0 Å². The second-order valence-electron chi connectivity index (χ2n) is 6.13. The molecule has 0 atom stereocenters. The Balaban J connectivity index is 1.58. The van der Waals surface area contributed by atoms with Crippen molar-refractivity contribution in [2.24, 2.45) is 0 Å². The van der Waals surface area contributed by atoms with Gasteiger partial charge in [0.2, 0.25) is 5.76 Å². The molecule has 0 spiro atoms. The summed E-state index contributed by atoms with van der Waals surface area (Å²) >= 11 is 0. The Kier molecular flexibility index (Phi) is 4.15. The Hall–Kier alpha value is -4.34. The third-order valence-corrected chi connectivity index (χ3v) is 4.30. The SMILES string of the molecule is Nc1c2c(cc(=O)n1-c1ccc(OCc3ccc(C(=O)O)o3)cc1)C(=O)NC2=O. The van der Waals surface area contributed by atoms with Gasteiger partial charge >= 0.3 is 5.97 Å². The molecule has 0 saturated carbocycles. The maximum Gasteiger partial charge on any atom is 0.371 e. The summed E-state index contributed by atoms with van der Waals surface area (Å²) in [5.74, 6) is -2.05. The number of nitrogens with two attached hydrogens (primary N) is 1. The molecule has 0 unspecified atom stereocenters. The van der Waals surface area contributed by atoms with E-state index in [1.54, 1.807) is 24.3 Å². The maximum absolute atomic E-state index is 12.4. The Morgan fingerprint density at radius 3 is 2.48 bits per heavy atom. The van der Waals surface area contributed by atoms with Gasteiger partial charge in [-0.3, -0.25) is 24.3 Å². The van der Waals surface area contributed by atoms with Crippen molar-refractivity contribution in [2.45, 2.75) is 6.61 Å². The molecule has 1 aromatic carbocycles. The van der Waals surface area contributed by atoms with Gasteiger partial charge < -0.3 is 20.0 Å². The zero-order valence-electron chi connectivity index (χ0n) is 14.7. The second-order valence-corrected chi connectivity index (χ2v) is 6.13. The van der Waals surface area contributed by atoms with E-state index in [-0.39, 0.29) is 29.3 Å². The molecule has 29 heavy (non-hydrogen) atoms. The van der Waals surface area contributed by atoms with Crippen molar-refractivity contribution in [3.8, 4) is 11.4 Å². The van der Waals surface area contributed by atoms with Crippen LogP contribution in [-0.4, -0.2) is 27.5 Å². The number of pyridine rings is 1. The highest BCUT2D eigenvalue weighted by atomic mass is 16.5. The van der Waals surface area contributed by atoms with Gasteiger partial charge in [-0.25, -0.2) is 4.79 Å². The minimum absolute atomic E-state index is 0.00976. The van der Waals surface area contributed by atoms with E-state index < -0.39 is 23.3 Å². The van der Waals surface area contributed by atoms with Crippen LogP contribution < -0.4 is 21.3 Å². The number of nitrogen functional groups attached to an aromatic ring is 1. The standard InChI is InChI=1S/C19H13N3O7/c20-16-15-12(17(24)21-18(15)25)7-14(23)22(16)9-1-3-10(4-2-9)28-8-11-5-6-13(29-11)19(26)27/h1-7H,8,20H2,(H,26,27)(H,21,24,25). The molecule has 3 aromatic rings. The number of aromatic nitrogens is 1. The lowest BCUT2D eigenvalue weighted by atomic mass is 10.1. The average Bonchev–Trinajstić information content (AvgIpc) is 3.26. The van der Waals surface area contributed by atoms with Gasteiger partial charge in [-0.05, 0) is 36.4 Å². The maximum atomic E-state index is 12.4. The molecule has 1 aliphatic rings. The van der Waals surface area contributed by atoms with Crippen LogP contribution in [0.15, 0.2) is 51.7 Å². The van der Waals surface area contributed by atoms with Gasteiger partial charge in [-0.15, -0.1) is 0 Å². The van der Waals surface area contributed by atoms with Crippen LogP contribution in [0.5, 0.6) is 5.75 Å². The molecule has 2 aromatic heterocycles. The number of nitrogens with zero attached hydrogens (tertiary/aromatic N) is 1. The molecule has 0 bridgehead atoms. The topological polar surface area (TPSA) is 154 Å². The van der Waals surface area contributed by atoms with Gasteiger partial charge in [-0.2, -0.15) is 0 Å². The predicted octanol–water partition coefficient (Wildman–Crippen LogP) is 1.17. The smallest absolute Gasteiger partial charge is 0.371 e. The average molecular weight is 395 g/mol. The first-order valence-corrected chi connectivity index (χ1v) is 8.31. The number of carboxylic acid groups (broad SMARTS) is 1. The van der Waals surface area contributed by atoms with Crippen LogP contribution in [0.2, 0.25) is 0 Å². The Morgan fingerprint density at radius 2 is 1.83 bits per heavy atom. The normalized spacial score (nSPS) is 12.6. The Labute approximate surface area is 162 Å². The highest BCUT2D eigenvalue weighted by Crippen LogP contribution is 2.24. The molecule has 0 fully saturated rings. The van der Waals surface area contributed by atoms with Crippen LogP contribution in [0.4, 0.5) is 5.82 Å². The molecule has 0 saturated heterocycles.